The third-order valence-electron chi connectivity index (χ3n) is 10.7. The standard InChI is InChI=1S/C40H56N8O4Si/c1-31-13-14-36-34(27-41-48(36)30-50-25-26-53(2,3)4)37(31)47-18-15-33-35(28-47)42-39(51-24-23-44-16-9-6-10-17-44)43-38(33)45-19-21-46(22-20-45)40(49)52-29-32-11-7-5-8-12-32/h5,7-8,11-14,27H,6,9-10,15-26,28-30H2,1-4H3. The van der Waals surface area contributed by atoms with Crippen LogP contribution in [0, 0.1) is 6.92 Å². The summed E-state index contributed by atoms with van der Waals surface area (Å²) in [7, 11) is -1.16. The molecule has 0 atom stereocenters. The highest BCUT2D eigenvalue weighted by Gasteiger charge is 2.30. The molecule has 284 valence electrons. The molecule has 0 unspecified atom stereocenters. The molecule has 0 N–H and O–H groups in total. The van der Waals surface area contributed by atoms with Gasteiger partial charge in [-0.15, -0.1) is 0 Å². The average Bonchev–Trinajstić information content (AvgIpc) is 3.58. The van der Waals surface area contributed by atoms with E-state index in [0.717, 1.165) is 73.2 Å². The first-order valence-corrected chi connectivity index (χ1v) is 23.2. The van der Waals surface area contributed by atoms with E-state index in [2.05, 4.69) is 53.4 Å². The fourth-order valence-electron chi connectivity index (χ4n) is 7.57. The molecule has 1 amide bonds. The number of anilines is 2. The van der Waals surface area contributed by atoms with Gasteiger partial charge in [-0.25, -0.2) is 9.48 Å². The second kappa shape index (κ2) is 16.9. The van der Waals surface area contributed by atoms with Crippen LogP contribution < -0.4 is 14.5 Å². The van der Waals surface area contributed by atoms with Gasteiger partial charge in [0.2, 0.25) is 0 Å². The van der Waals surface area contributed by atoms with Gasteiger partial charge in [-0.2, -0.15) is 15.1 Å². The Morgan fingerprint density at radius 3 is 2.43 bits per heavy atom. The first kappa shape index (κ1) is 37.1. The van der Waals surface area contributed by atoms with Crippen molar-refractivity contribution in [1.82, 2.24) is 29.5 Å². The van der Waals surface area contributed by atoms with Gasteiger partial charge in [-0.05, 0) is 62.5 Å². The van der Waals surface area contributed by atoms with Crippen LogP contribution in [0.15, 0.2) is 48.7 Å². The Balaban J connectivity index is 1.08. The number of fused-ring (bicyclic) bond motifs is 2. The molecule has 13 heteroatoms. The Morgan fingerprint density at radius 1 is 0.868 bits per heavy atom. The van der Waals surface area contributed by atoms with Gasteiger partial charge in [0.05, 0.1) is 29.6 Å². The molecule has 0 saturated carbocycles. The topological polar surface area (TPSA) is 101 Å². The summed E-state index contributed by atoms with van der Waals surface area (Å²) in [6, 6.07) is 15.7. The van der Waals surface area contributed by atoms with E-state index >= 15 is 0 Å². The lowest BCUT2D eigenvalue weighted by atomic mass is 10.0. The quantitative estimate of drug-likeness (QED) is 0.114. The maximum atomic E-state index is 13.0. The lowest BCUT2D eigenvalue weighted by Gasteiger charge is -2.38. The Labute approximate surface area is 315 Å². The Kier molecular flexibility index (Phi) is 11.8. The van der Waals surface area contributed by atoms with E-state index in [1.165, 1.54) is 36.1 Å². The molecular formula is C40H56N8O4Si. The molecule has 3 aliphatic heterocycles. The number of hydrogen-bond acceptors (Lipinski definition) is 10. The number of amides is 1. The molecule has 0 aliphatic carbocycles. The van der Waals surface area contributed by atoms with Gasteiger partial charge in [0.1, 0.15) is 25.8 Å². The number of piperazine rings is 1. The number of carbonyl (C=O) groups is 1. The van der Waals surface area contributed by atoms with Crippen molar-refractivity contribution in [3.63, 3.8) is 0 Å². The van der Waals surface area contributed by atoms with Gasteiger partial charge in [0.25, 0.3) is 0 Å². The molecule has 0 radical (unpaired) electrons. The van der Waals surface area contributed by atoms with Crippen molar-refractivity contribution in [2.45, 2.75) is 78.2 Å². The predicted molar refractivity (Wildman–Crippen MR) is 212 cm³/mol. The number of aromatic nitrogens is 4. The second-order valence-corrected chi connectivity index (χ2v) is 21.5. The number of ether oxygens (including phenoxy) is 3. The number of hydrogen-bond donors (Lipinski definition) is 0. The summed E-state index contributed by atoms with van der Waals surface area (Å²) in [5.74, 6) is 0.929. The summed E-state index contributed by atoms with van der Waals surface area (Å²) in [4.78, 5) is 32.1. The van der Waals surface area contributed by atoms with Crippen LogP contribution in [0.3, 0.4) is 0 Å². The lowest BCUT2D eigenvalue weighted by molar-refractivity contribution is 0.0817. The maximum Gasteiger partial charge on any atom is 0.410 e. The molecule has 0 spiro atoms. The van der Waals surface area contributed by atoms with E-state index < -0.39 is 8.07 Å². The first-order chi connectivity index (χ1) is 25.7. The van der Waals surface area contributed by atoms with Crippen LogP contribution >= 0.6 is 0 Å². The molecule has 5 heterocycles. The number of aryl methyl sites for hydroxylation is 1. The maximum absolute atomic E-state index is 13.0. The number of piperidine rings is 1. The zero-order valence-corrected chi connectivity index (χ0v) is 33.1. The van der Waals surface area contributed by atoms with Crippen LogP contribution in [0.1, 0.15) is 41.6 Å². The highest BCUT2D eigenvalue weighted by molar-refractivity contribution is 6.76. The molecule has 2 fully saturated rings. The lowest BCUT2D eigenvalue weighted by Crippen LogP contribution is -2.49. The van der Waals surface area contributed by atoms with Crippen molar-refractivity contribution in [3.05, 3.63) is 71.0 Å². The zero-order valence-electron chi connectivity index (χ0n) is 32.1. The minimum absolute atomic E-state index is 0.272. The van der Waals surface area contributed by atoms with E-state index in [9.17, 15) is 4.79 Å². The van der Waals surface area contributed by atoms with E-state index in [4.69, 9.17) is 29.3 Å². The third kappa shape index (κ3) is 9.30. The molecule has 2 saturated heterocycles. The van der Waals surface area contributed by atoms with Crippen LogP contribution in [0.4, 0.5) is 16.3 Å². The summed E-state index contributed by atoms with van der Waals surface area (Å²) in [5.41, 5.74) is 6.63. The second-order valence-electron chi connectivity index (χ2n) is 15.8. The van der Waals surface area contributed by atoms with Gasteiger partial charge in [0, 0.05) is 64.9 Å². The molecular weight excluding hydrogens is 685 g/mol. The molecule has 12 nitrogen and oxygen atoms in total. The van der Waals surface area contributed by atoms with Crippen molar-refractivity contribution in [3.8, 4) is 6.01 Å². The summed E-state index contributed by atoms with van der Waals surface area (Å²) < 4.78 is 20.0. The smallest absolute Gasteiger partial charge is 0.410 e. The number of benzene rings is 2. The molecule has 2 aromatic heterocycles. The summed E-state index contributed by atoms with van der Waals surface area (Å²) in [6.07, 6.45) is 6.32. The Bertz CT molecular complexity index is 1830. The monoisotopic (exact) mass is 740 g/mol. The number of rotatable bonds is 13. The van der Waals surface area contributed by atoms with Crippen LogP contribution in [0.5, 0.6) is 6.01 Å². The van der Waals surface area contributed by atoms with Crippen LogP contribution in [-0.2, 0) is 35.8 Å². The molecule has 2 aromatic carbocycles. The molecule has 4 aromatic rings. The SMILES string of the molecule is Cc1ccc2c(cnn2COCC[Si](C)(C)C)c1N1CCc2c(nc(OCCN3CCCCC3)nc2N2CCN(C(=O)OCc3ccccc3)CC2)C1. The molecule has 7 rings (SSSR count). The number of likely N-dealkylation sites (tertiary alicyclic amines) is 1. The fourth-order valence-corrected chi connectivity index (χ4v) is 8.32. The van der Waals surface area contributed by atoms with Crippen LogP contribution in [0.25, 0.3) is 10.9 Å². The van der Waals surface area contributed by atoms with Gasteiger partial charge in [-0.1, -0.05) is 62.5 Å². The van der Waals surface area contributed by atoms with Gasteiger partial charge in [-0.3, -0.25) is 4.90 Å². The van der Waals surface area contributed by atoms with E-state index in [1.807, 2.05) is 41.2 Å². The predicted octanol–water partition coefficient (Wildman–Crippen LogP) is 6.33. The summed E-state index contributed by atoms with van der Waals surface area (Å²) in [5, 5.41) is 5.89. The van der Waals surface area contributed by atoms with Crippen LogP contribution in [-0.4, -0.2) is 109 Å². The van der Waals surface area contributed by atoms with Crippen LogP contribution in [0.2, 0.25) is 25.7 Å². The largest absolute Gasteiger partial charge is 0.462 e. The van der Waals surface area contributed by atoms with E-state index in [1.54, 1.807) is 4.90 Å². The number of carbonyl (C=O) groups excluding carboxylic acids is 1. The Hall–Kier alpha value is -4.20. The molecule has 0 bridgehead atoms. The van der Waals surface area contributed by atoms with Crippen molar-refractivity contribution in [2.24, 2.45) is 0 Å². The Morgan fingerprint density at radius 2 is 1.66 bits per heavy atom. The van der Waals surface area contributed by atoms with E-state index in [0.29, 0.717) is 52.1 Å². The third-order valence-corrected chi connectivity index (χ3v) is 12.4. The van der Waals surface area contributed by atoms with Crippen molar-refractivity contribution >= 4 is 36.6 Å². The summed E-state index contributed by atoms with van der Waals surface area (Å²) >= 11 is 0. The molecule has 3 aliphatic rings. The highest BCUT2D eigenvalue weighted by Crippen LogP contribution is 2.36. The van der Waals surface area contributed by atoms with Crippen molar-refractivity contribution in [2.75, 3.05) is 75.4 Å². The van der Waals surface area contributed by atoms with Crippen molar-refractivity contribution < 1.29 is 19.0 Å². The summed E-state index contributed by atoms with van der Waals surface area (Å²) in [6.45, 7) is 18.4. The van der Waals surface area contributed by atoms with Gasteiger partial charge < -0.3 is 28.9 Å². The molecule has 53 heavy (non-hydrogen) atoms. The normalized spacial score (nSPS) is 16.9. The minimum Gasteiger partial charge on any atom is -0.462 e. The van der Waals surface area contributed by atoms with Gasteiger partial charge in [0.15, 0.2) is 0 Å². The van der Waals surface area contributed by atoms with E-state index in [-0.39, 0.29) is 12.7 Å². The fraction of sp³-hybridized carbons (Fsp3) is 0.550. The van der Waals surface area contributed by atoms with Crippen molar-refractivity contribution in [1.29, 1.82) is 0 Å². The minimum atomic E-state index is -1.16. The highest BCUT2D eigenvalue weighted by atomic mass is 28.3. The zero-order chi connectivity index (χ0) is 36.8. The first-order valence-electron chi connectivity index (χ1n) is 19.5. The average molecular weight is 741 g/mol. The van der Waals surface area contributed by atoms with Gasteiger partial charge >= 0.3 is 12.1 Å². The number of nitrogens with zero attached hydrogens (tertiary/aromatic N) is 8.